The number of hydrogen-bond acceptors (Lipinski definition) is 5. The topological polar surface area (TPSA) is 67.3 Å². The minimum atomic E-state index is 0.0661. The first-order chi connectivity index (χ1) is 13.8. The van der Waals surface area contributed by atoms with Crippen LogP contribution in [0.2, 0.25) is 0 Å². The zero-order valence-corrected chi connectivity index (χ0v) is 16.2. The minimum absolute atomic E-state index is 0.0661. The third kappa shape index (κ3) is 5.45. The summed E-state index contributed by atoms with van der Waals surface area (Å²) >= 11 is 0. The van der Waals surface area contributed by atoms with Crippen LogP contribution in [0.25, 0.3) is 0 Å². The van der Waals surface area contributed by atoms with Gasteiger partial charge in [0.1, 0.15) is 12.4 Å². The highest BCUT2D eigenvalue weighted by Crippen LogP contribution is 2.19. The van der Waals surface area contributed by atoms with Crippen molar-refractivity contribution in [2.24, 2.45) is 5.16 Å². The predicted octanol–water partition coefficient (Wildman–Crippen LogP) is 3.55. The van der Waals surface area contributed by atoms with Crippen LogP contribution in [0.1, 0.15) is 25.3 Å². The number of carbonyl (C=O) groups is 1. The first kappa shape index (κ1) is 19.7. The van der Waals surface area contributed by atoms with E-state index in [1.165, 1.54) is 0 Å². The fraction of sp³-hybridized carbons (Fsp3) is 0.381. The molecule has 0 atom stereocenters. The monoisotopic (exact) mass is 382 g/mol. The number of nitrogens with zero attached hydrogens (tertiary/aromatic N) is 4. The van der Waals surface area contributed by atoms with Crippen LogP contribution in [-0.2, 0) is 4.84 Å². The number of anilines is 1. The summed E-state index contributed by atoms with van der Waals surface area (Å²) in [5.41, 5.74) is 1.87. The van der Waals surface area contributed by atoms with Crippen molar-refractivity contribution in [2.75, 3.05) is 37.7 Å². The van der Waals surface area contributed by atoms with Crippen LogP contribution in [-0.4, -0.2) is 55.0 Å². The number of benzene rings is 1. The molecule has 2 aromatic rings. The van der Waals surface area contributed by atoms with Gasteiger partial charge in [-0.3, -0.25) is 9.88 Å². The number of amides is 2. The Kier molecular flexibility index (Phi) is 7.23. The van der Waals surface area contributed by atoms with E-state index < -0.39 is 0 Å². The van der Waals surface area contributed by atoms with Gasteiger partial charge in [0.2, 0.25) is 0 Å². The number of hydrogen-bond donors (Lipinski definition) is 0. The van der Waals surface area contributed by atoms with Gasteiger partial charge < -0.3 is 14.5 Å². The SMILES string of the molecule is CCO/N=C/c1ccc(OCCCCN2CCN(c3ccncc3)C2=O)cc1. The lowest BCUT2D eigenvalue weighted by Crippen LogP contribution is -2.32. The summed E-state index contributed by atoms with van der Waals surface area (Å²) in [5, 5.41) is 3.84. The molecule has 7 nitrogen and oxygen atoms in total. The lowest BCUT2D eigenvalue weighted by Gasteiger charge is -2.18. The van der Waals surface area contributed by atoms with Crippen molar-refractivity contribution in [2.45, 2.75) is 19.8 Å². The first-order valence-electron chi connectivity index (χ1n) is 9.62. The maximum Gasteiger partial charge on any atom is 0.324 e. The van der Waals surface area contributed by atoms with Crippen LogP contribution in [0, 0.1) is 0 Å². The quantitative estimate of drug-likeness (QED) is 0.358. The molecular weight excluding hydrogens is 356 g/mol. The molecule has 1 aliphatic rings. The Morgan fingerprint density at radius 3 is 2.64 bits per heavy atom. The smallest absolute Gasteiger partial charge is 0.324 e. The molecule has 7 heteroatoms. The predicted molar refractivity (Wildman–Crippen MR) is 109 cm³/mol. The molecule has 1 fully saturated rings. The van der Waals surface area contributed by atoms with Gasteiger partial charge in [0.15, 0.2) is 0 Å². The highest BCUT2D eigenvalue weighted by Gasteiger charge is 2.28. The Morgan fingerprint density at radius 1 is 1.11 bits per heavy atom. The van der Waals surface area contributed by atoms with E-state index in [0.717, 1.165) is 49.5 Å². The summed E-state index contributed by atoms with van der Waals surface area (Å²) in [6.45, 7) is 5.30. The molecule has 1 aromatic heterocycles. The fourth-order valence-electron chi connectivity index (χ4n) is 2.97. The van der Waals surface area contributed by atoms with Crippen LogP contribution in [0.15, 0.2) is 53.9 Å². The van der Waals surface area contributed by atoms with Gasteiger partial charge in [-0.1, -0.05) is 5.16 Å². The van der Waals surface area contributed by atoms with Crippen molar-refractivity contribution in [3.05, 3.63) is 54.4 Å². The van der Waals surface area contributed by atoms with Crippen LogP contribution >= 0.6 is 0 Å². The summed E-state index contributed by atoms with van der Waals surface area (Å²) in [7, 11) is 0. The molecule has 0 unspecified atom stereocenters. The number of pyridine rings is 1. The molecule has 2 heterocycles. The maximum absolute atomic E-state index is 12.5. The molecular formula is C21H26N4O3. The largest absolute Gasteiger partial charge is 0.494 e. The van der Waals surface area contributed by atoms with E-state index in [1.54, 1.807) is 23.5 Å². The molecule has 1 aromatic carbocycles. The number of aromatic nitrogens is 1. The highest BCUT2D eigenvalue weighted by atomic mass is 16.6. The summed E-state index contributed by atoms with van der Waals surface area (Å²) in [4.78, 5) is 25.1. The van der Waals surface area contributed by atoms with Gasteiger partial charge >= 0.3 is 6.03 Å². The van der Waals surface area contributed by atoms with Crippen LogP contribution in [0.5, 0.6) is 5.75 Å². The van der Waals surface area contributed by atoms with Crippen LogP contribution in [0.4, 0.5) is 10.5 Å². The summed E-state index contributed by atoms with van der Waals surface area (Å²) in [6.07, 6.45) is 6.90. The van der Waals surface area contributed by atoms with E-state index in [1.807, 2.05) is 48.2 Å². The fourth-order valence-corrected chi connectivity index (χ4v) is 2.97. The standard InChI is InChI=1S/C21H26N4O3/c1-2-28-23-17-18-5-7-20(8-6-18)27-16-4-3-13-24-14-15-25(21(24)26)19-9-11-22-12-10-19/h5-12,17H,2-4,13-16H2,1H3/b23-17+. The average molecular weight is 382 g/mol. The minimum Gasteiger partial charge on any atom is -0.494 e. The van der Waals surface area contributed by atoms with Crippen molar-refractivity contribution in [3.8, 4) is 5.75 Å². The Balaban J connectivity index is 1.34. The molecule has 148 valence electrons. The number of urea groups is 1. The number of rotatable bonds is 10. The van der Waals surface area contributed by atoms with Gasteiger partial charge in [0.05, 0.1) is 12.8 Å². The first-order valence-corrected chi connectivity index (χ1v) is 9.62. The van der Waals surface area contributed by atoms with Gasteiger partial charge in [-0.05, 0) is 61.7 Å². The second-order valence-electron chi connectivity index (χ2n) is 6.40. The highest BCUT2D eigenvalue weighted by molar-refractivity contribution is 5.94. The van der Waals surface area contributed by atoms with Crippen LogP contribution < -0.4 is 9.64 Å². The zero-order valence-electron chi connectivity index (χ0n) is 16.2. The molecule has 1 aliphatic heterocycles. The zero-order chi connectivity index (χ0) is 19.6. The van der Waals surface area contributed by atoms with Crippen molar-refractivity contribution >= 4 is 17.9 Å². The molecule has 0 radical (unpaired) electrons. The number of ether oxygens (including phenoxy) is 1. The molecule has 2 amide bonds. The normalized spacial score (nSPS) is 14.1. The second-order valence-corrected chi connectivity index (χ2v) is 6.40. The van der Waals surface area contributed by atoms with E-state index in [2.05, 4.69) is 10.1 Å². The Bertz CT molecular complexity index is 765. The van der Waals surface area contributed by atoms with Crippen molar-refractivity contribution in [1.29, 1.82) is 0 Å². The lowest BCUT2D eigenvalue weighted by atomic mass is 10.2. The van der Waals surface area contributed by atoms with E-state index in [0.29, 0.717) is 13.2 Å². The Hall–Kier alpha value is -3.09. The van der Waals surface area contributed by atoms with E-state index in [9.17, 15) is 4.79 Å². The van der Waals surface area contributed by atoms with Gasteiger partial charge in [-0.2, -0.15) is 0 Å². The summed E-state index contributed by atoms with van der Waals surface area (Å²) < 4.78 is 5.77. The third-order valence-corrected chi connectivity index (χ3v) is 4.45. The Labute approximate surface area is 165 Å². The molecule has 3 rings (SSSR count). The van der Waals surface area contributed by atoms with Gasteiger partial charge in [0, 0.05) is 37.7 Å². The molecule has 28 heavy (non-hydrogen) atoms. The molecule has 0 saturated carbocycles. The number of oxime groups is 1. The molecule has 0 spiro atoms. The van der Waals surface area contributed by atoms with Gasteiger partial charge in [0.25, 0.3) is 0 Å². The molecule has 0 aliphatic carbocycles. The van der Waals surface area contributed by atoms with E-state index in [4.69, 9.17) is 9.57 Å². The summed E-state index contributed by atoms with van der Waals surface area (Å²) in [6, 6.07) is 11.5. The molecule has 0 N–H and O–H groups in total. The van der Waals surface area contributed by atoms with Crippen molar-refractivity contribution < 1.29 is 14.4 Å². The van der Waals surface area contributed by atoms with Crippen LogP contribution in [0.3, 0.4) is 0 Å². The van der Waals surface area contributed by atoms with Gasteiger partial charge in [-0.15, -0.1) is 0 Å². The summed E-state index contributed by atoms with van der Waals surface area (Å²) in [5.74, 6) is 0.828. The second kappa shape index (κ2) is 10.3. The van der Waals surface area contributed by atoms with E-state index in [-0.39, 0.29) is 6.03 Å². The van der Waals surface area contributed by atoms with Crippen molar-refractivity contribution in [1.82, 2.24) is 9.88 Å². The molecule has 1 saturated heterocycles. The van der Waals surface area contributed by atoms with Crippen molar-refractivity contribution in [3.63, 3.8) is 0 Å². The van der Waals surface area contributed by atoms with Gasteiger partial charge in [-0.25, -0.2) is 4.79 Å². The Morgan fingerprint density at radius 2 is 1.89 bits per heavy atom. The average Bonchev–Trinajstić information content (AvgIpc) is 3.10. The number of carbonyl (C=O) groups excluding carboxylic acids is 1. The number of unbranched alkanes of at least 4 members (excludes halogenated alkanes) is 1. The maximum atomic E-state index is 12.5. The third-order valence-electron chi connectivity index (χ3n) is 4.45. The lowest BCUT2D eigenvalue weighted by molar-refractivity contribution is 0.160. The van der Waals surface area contributed by atoms with E-state index >= 15 is 0 Å². The molecule has 0 bridgehead atoms.